The van der Waals surface area contributed by atoms with Gasteiger partial charge in [0.15, 0.2) is 0 Å². The molecule has 2 fully saturated rings. The van der Waals surface area contributed by atoms with Crippen molar-refractivity contribution in [1.29, 1.82) is 0 Å². The van der Waals surface area contributed by atoms with Crippen molar-refractivity contribution in [2.45, 2.75) is 12.8 Å². The molecule has 2 saturated heterocycles. The fraction of sp³-hybridized carbons (Fsp3) is 0.444. The fourth-order valence-electron chi connectivity index (χ4n) is 3.47. The molecule has 4 rings (SSSR count). The Hall–Kier alpha value is -2.37. The number of anilines is 3. The van der Waals surface area contributed by atoms with E-state index in [0.29, 0.717) is 5.69 Å². The van der Waals surface area contributed by atoms with E-state index in [9.17, 15) is 4.39 Å². The van der Waals surface area contributed by atoms with Gasteiger partial charge in [-0.25, -0.2) is 9.37 Å². The topological polar surface area (TPSA) is 35.5 Å². The summed E-state index contributed by atoms with van der Waals surface area (Å²) >= 11 is 0. The van der Waals surface area contributed by atoms with Gasteiger partial charge in [0, 0.05) is 45.5 Å². The van der Waals surface area contributed by atoms with Gasteiger partial charge in [0.25, 0.3) is 0 Å². The maximum Gasteiger partial charge on any atom is 0.227 e. The summed E-state index contributed by atoms with van der Waals surface area (Å²) < 4.78 is 13.9. The Morgan fingerprint density at radius 1 is 0.792 bits per heavy atom. The van der Waals surface area contributed by atoms with E-state index in [4.69, 9.17) is 4.98 Å². The zero-order chi connectivity index (χ0) is 16.4. The van der Waals surface area contributed by atoms with Gasteiger partial charge in [0.2, 0.25) is 5.95 Å². The van der Waals surface area contributed by atoms with Gasteiger partial charge in [-0.1, -0.05) is 12.1 Å². The molecular weight excluding hydrogens is 305 g/mol. The maximum atomic E-state index is 13.9. The highest BCUT2D eigenvalue weighted by molar-refractivity contribution is 5.50. The molecule has 0 bridgehead atoms. The second-order valence-electron chi connectivity index (χ2n) is 6.33. The van der Waals surface area contributed by atoms with E-state index < -0.39 is 0 Å². The van der Waals surface area contributed by atoms with Crippen molar-refractivity contribution >= 4 is 17.5 Å². The lowest BCUT2D eigenvalue weighted by molar-refractivity contribution is 0.594. The molecule has 126 valence electrons. The third kappa shape index (κ3) is 3.00. The molecule has 1 aromatic heterocycles. The Bertz CT molecular complexity index is 693. The van der Waals surface area contributed by atoms with Crippen molar-refractivity contribution in [2.75, 3.05) is 54.0 Å². The monoisotopic (exact) mass is 327 g/mol. The Kier molecular flexibility index (Phi) is 4.19. The maximum absolute atomic E-state index is 13.9. The molecule has 0 spiro atoms. The molecule has 1 aromatic carbocycles. The van der Waals surface area contributed by atoms with Crippen LogP contribution in [0, 0.1) is 5.82 Å². The van der Waals surface area contributed by atoms with E-state index in [0.717, 1.165) is 51.0 Å². The number of benzene rings is 1. The van der Waals surface area contributed by atoms with Crippen molar-refractivity contribution in [3.05, 3.63) is 42.3 Å². The first-order valence-electron chi connectivity index (χ1n) is 8.64. The van der Waals surface area contributed by atoms with Crippen LogP contribution in [0.3, 0.4) is 0 Å². The molecule has 5 nitrogen and oxygen atoms in total. The van der Waals surface area contributed by atoms with E-state index in [2.05, 4.69) is 19.7 Å². The molecule has 0 saturated carbocycles. The van der Waals surface area contributed by atoms with Crippen LogP contribution < -0.4 is 14.7 Å². The largest absolute Gasteiger partial charge is 0.366 e. The summed E-state index contributed by atoms with van der Waals surface area (Å²) in [5.41, 5.74) is 0.684. The van der Waals surface area contributed by atoms with Gasteiger partial charge in [-0.05, 0) is 31.0 Å². The summed E-state index contributed by atoms with van der Waals surface area (Å²) in [6.45, 7) is 5.32. The number of hydrogen-bond donors (Lipinski definition) is 0. The highest BCUT2D eigenvalue weighted by Gasteiger charge is 2.22. The Balaban J connectivity index is 1.44. The molecule has 0 amide bonds. The number of rotatable bonds is 3. The summed E-state index contributed by atoms with van der Waals surface area (Å²) in [5, 5.41) is 0. The summed E-state index contributed by atoms with van der Waals surface area (Å²) in [6, 6.07) is 8.96. The summed E-state index contributed by atoms with van der Waals surface area (Å²) in [5.74, 6) is 1.65. The lowest BCUT2D eigenvalue weighted by atomic mass is 10.2. The van der Waals surface area contributed by atoms with E-state index in [1.54, 1.807) is 6.07 Å². The molecule has 3 heterocycles. The second-order valence-corrected chi connectivity index (χ2v) is 6.33. The van der Waals surface area contributed by atoms with E-state index in [1.165, 1.54) is 18.9 Å². The van der Waals surface area contributed by atoms with Gasteiger partial charge in [0.1, 0.15) is 11.6 Å². The second kappa shape index (κ2) is 6.63. The van der Waals surface area contributed by atoms with E-state index in [1.807, 2.05) is 24.4 Å². The quantitative estimate of drug-likeness (QED) is 0.866. The number of aromatic nitrogens is 2. The molecule has 0 radical (unpaired) electrons. The predicted molar refractivity (Wildman–Crippen MR) is 94.3 cm³/mol. The molecule has 2 aromatic rings. The van der Waals surface area contributed by atoms with Gasteiger partial charge < -0.3 is 14.7 Å². The van der Waals surface area contributed by atoms with Crippen molar-refractivity contribution in [3.63, 3.8) is 0 Å². The first-order valence-corrected chi connectivity index (χ1v) is 8.64. The minimum atomic E-state index is -0.154. The number of piperazine rings is 1. The van der Waals surface area contributed by atoms with Gasteiger partial charge in [0.05, 0.1) is 5.69 Å². The molecule has 0 atom stereocenters. The van der Waals surface area contributed by atoms with Crippen LogP contribution in [-0.4, -0.2) is 49.2 Å². The van der Waals surface area contributed by atoms with Crippen LogP contribution in [0.15, 0.2) is 36.5 Å². The van der Waals surface area contributed by atoms with Crippen LogP contribution in [0.5, 0.6) is 0 Å². The molecule has 6 heteroatoms. The normalized spacial score (nSPS) is 18.3. The highest BCUT2D eigenvalue weighted by atomic mass is 19.1. The summed E-state index contributed by atoms with van der Waals surface area (Å²) in [7, 11) is 0. The number of nitrogens with zero attached hydrogens (tertiary/aromatic N) is 5. The molecule has 0 unspecified atom stereocenters. The zero-order valence-corrected chi connectivity index (χ0v) is 13.7. The molecule has 2 aliphatic rings. The van der Waals surface area contributed by atoms with Crippen molar-refractivity contribution < 1.29 is 4.39 Å². The van der Waals surface area contributed by atoms with Gasteiger partial charge in [-0.15, -0.1) is 0 Å². The van der Waals surface area contributed by atoms with Crippen LogP contribution in [0.2, 0.25) is 0 Å². The zero-order valence-electron chi connectivity index (χ0n) is 13.7. The fourth-order valence-corrected chi connectivity index (χ4v) is 3.47. The van der Waals surface area contributed by atoms with Crippen molar-refractivity contribution in [1.82, 2.24) is 9.97 Å². The third-order valence-electron chi connectivity index (χ3n) is 4.81. The number of hydrogen-bond acceptors (Lipinski definition) is 5. The van der Waals surface area contributed by atoms with Gasteiger partial charge >= 0.3 is 0 Å². The van der Waals surface area contributed by atoms with Crippen molar-refractivity contribution in [3.8, 4) is 0 Å². The number of halogens is 1. The Morgan fingerprint density at radius 3 is 2.25 bits per heavy atom. The van der Waals surface area contributed by atoms with Crippen LogP contribution >= 0.6 is 0 Å². The molecule has 0 N–H and O–H groups in total. The van der Waals surface area contributed by atoms with Crippen LogP contribution in [0.1, 0.15) is 12.8 Å². The SMILES string of the molecule is Fc1ccccc1N1CCN(c2nccc(N3CCCC3)n2)CC1. The third-order valence-corrected chi connectivity index (χ3v) is 4.81. The average Bonchev–Trinajstić information content (AvgIpc) is 3.17. The smallest absolute Gasteiger partial charge is 0.227 e. The van der Waals surface area contributed by atoms with E-state index >= 15 is 0 Å². The predicted octanol–water partition coefficient (Wildman–Crippen LogP) is 2.54. The van der Waals surface area contributed by atoms with Crippen LogP contribution in [-0.2, 0) is 0 Å². The van der Waals surface area contributed by atoms with Crippen LogP contribution in [0.25, 0.3) is 0 Å². The lowest BCUT2D eigenvalue weighted by Crippen LogP contribution is -2.47. The molecular formula is C18H22FN5. The first kappa shape index (κ1) is 15.2. The summed E-state index contributed by atoms with van der Waals surface area (Å²) in [6.07, 6.45) is 4.32. The average molecular weight is 327 g/mol. The minimum absolute atomic E-state index is 0.154. The lowest BCUT2D eigenvalue weighted by Gasteiger charge is -2.36. The molecule has 24 heavy (non-hydrogen) atoms. The summed E-state index contributed by atoms with van der Waals surface area (Å²) in [4.78, 5) is 15.8. The highest BCUT2D eigenvalue weighted by Crippen LogP contribution is 2.23. The molecule has 0 aliphatic carbocycles. The minimum Gasteiger partial charge on any atom is -0.366 e. The number of para-hydroxylation sites is 1. The van der Waals surface area contributed by atoms with Gasteiger partial charge in [-0.3, -0.25) is 0 Å². The first-order chi connectivity index (χ1) is 11.8. The van der Waals surface area contributed by atoms with E-state index in [-0.39, 0.29) is 5.82 Å². The van der Waals surface area contributed by atoms with Crippen molar-refractivity contribution in [2.24, 2.45) is 0 Å². The van der Waals surface area contributed by atoms with Crippen LogP contribution in [0.4, 0.5) is 21.8 Å². The van der Waals surface area contributed by atoms with Gasteiger partial charge in [-0.2, -0.15) is 4.98 Å². The molecule has 2 aliphatic heterocycles. The standard InChI is InChI=1S/C18H22FN5/c19-15-5-1-2-6-16(15)22-11-13-24(14-12-22)18-20-8-7-17(21-18)23-9-3-4-10-23/h1-2,5-8H,3-4,9-14H2. The Labute approximate surface area is 141 Å². The Morgan fingerprint density at radius 2 is 1.50 bits per heavy atom.